The third kappa shape index (κ3) is 6.78. The second kappa shape index (κ2) is 8.44. The zero-order valence-corrected chi connectivity index (χ0v) is 15.8. The molecule has 0 aliphatic heterocycles. The number of carbonyl (C=O) groups is 1. The van der Waals surface area contributed by atoms with E-state index < -0.39 is 11.2 Å². The molecule has 0 unspecified atom stereocenters. The Morgan fingerprint density at radius 2 is 1.86 bits per heavy atom. The molecule has 1 aromatic carbocycles. The molecule has 22 heavy (non-hydrogen) atoms. The summed E-state index contributed by atoms with van der Waals surface area (Å²) in [5.74, 6) is -0.416. The van der Waals surface area contributed by atoms with Crippen molar-refractivity contribution in [2.75, 3.05) is 12.8 Å². The van der Waals surface area contributed by atoms with E-state index in [1.54, 1.807) is 12.1 Å². The summed E-state index contributed by atoms with van der Waals surface area (Å²) in [6.45, 7) is 0. The van der Waals surface area contributed by atoms with Gasteiger partial charge in [0.05, 0.1) is 12.8 Å². The van der Waals surface area contributed by atoms with Crippen molar-refractivity contribution in [2.24, 2.45) is 0 Å². The molecule has 2 N–H and O–H groups in total. The first-order valence-electron chi connectivity index (χ1n) is 5.54. The quantitative estimate of drug-likeness (QED) is 0.460. The van der Waals surface area contributed by atoms with Crippen LogP contribution < -0.4 is 5.73 Å². The Hall–Kier alpha value is -0.420. The molecule has 2 aromatic rings. The van der Waals surface area contributed by atoms with Crippen LogP contribution in [0.1, 0.15) is 9.67 Å². The number of hydrogen-bond acceptors (Lipinski definition) is 5. The van der Waals surface area contributed by atoms with Crippen LogP contribution in [-0.2, 0) is 9.30 Å². The zero-order chi connectivity index (χ0) is 16.9. The summed E-state index contributed by atoms with van der Waals surface area (Å²) in [6.07, 6.45) is 0. The van der Waals surface area contributed by atoms with Crippen LogP contribution in [0, 0.1) is 0 Å². The first-order valence-corrected chi connectivity index (χ1v) is 11.2. The molecule has 10 heteroatoms. The van der Waals surface area contributed by atoms with Crippen LogP contribution in [0.15, 0.2) is 30.3 Å². The van der Waals surface area contributed by atoms with E-state index in [0.29, 0.717) is 15.6 Å². The van der Waals surface area contributed by atoms with Crippen LogP contribution in [0.2, 0.25) is 5.02 Å². The van der Waals surface area contributed by atoms with Gasteiger partial charge in [-0.05, 0) is 57.5 Å². The van der Waals surface area contributed by atoms with Gasteiger partial charge in [0.15, 0.2) is 0 Å². The summed E-state index contributed by atoms with van der Waals surface area (Å²) in [5, 5.41) is -2.57. The summed E-state index contributed by atoms with van der Waals surface area (Å²) >= 11 is 21.1. The molecule has 2 rings (SSSR count). The molecule has 0 atom stereocenters. The minimum atomic E-state index is -3.22. The van der Waals surface area contributed by atoms with Crippen molar-refractivity contribution in [3.05, 3.63) is 40.2 Å². The number of thiophene rings is 1. The third-order valence-corrected chi connectivity index (χ3v) is 3.66. The second-order valence-electron chi connectivity index (χ2n) is 3.80. The maximum Gasteiger partial charge on any atom is 0.350 e. The monoisotopic (exact) mass is 419 g/mol. The van der Waals surface area contributed by atoms with Gasteiger partial charge in [0.25, 0.3) is 0 Å². The van der Waals surface area contributed by atoms with Crippen LogP contribution in [0.5, 0.6) is 0 Å². The number of rotatable bonds is 2. The lowest BCUT2D eigenvalue weighted by molar-refractivity contribution is 0.0607. The highest BCUT2D eigenvalue weighted by Crippen LogP contribution is 2.61. The fourth-order valence-electron chi connectivity index (χ4n) is 1.44. The number of nitrogens with two attached hydrogens (primary N) is 1. The normalized spacial score (nSPS) is 10.6. The van der Waals surface area contributed by atoms with Crippen molar-refractivity contribution in [2.45, 2.75) is 0 Å². The molecule has 0 saturated heterocycles. The standard InChI is InChI=1S/C12H10ClNO2S.Cl3OP/c1-16-12(15)11-9(14)6-10(17-11)7-3-2-4-8(13)5-7;1-5(2,3)4/h2-6H,14H2,1H3;. The van der Waals surface area contributed by atoms with Crippen LogP contribution in [0.25, 0.3) is 10.4 Å². The predicted octanol–water partition coefficient (Wildman–Crippen LogP) is 6.25. The summed E-state index contributed by atoms with van der Waals surface area (Å²) in [7, 11) is 1.33. The number of ether oxygens (including phenoxy) is 1. The van der Waals surface area contributed by atoms with Gasteiger partial charge in [-0.3, -0.25) is 4.57 Å². The van der Waals surface area contributed by atoms with E-state index in [1.807, 2.05) is 18.2 Å². The fraction of sp³-hybridized carbons (Fsp3) is 0.0833. The average molecular weight is 421 g/mol. The molecular weight excluding hydrogens is 411 g/mol. The topological polar surface area (TPSA) is 69.4 Å². The predicted molar refractivity (Wildman–Crippen MR) is 95.7 cm³/mol. The van der Waals surface area contributed by atoms with Crippen molar-refractivity contribution >= 4 is 73.5 Å². The lowest BCUT2D eigenvalue weighted by Gasteiger charge is -1.97. The number of methoxy groups -OCH3 is 1. The van der Waals surface area contributed by atoms with Crippen LogP contribution in [0.3, 0.4) is 0 Å². The first kappa shape index (κ1) is 19.6. The lowest BCUT2D eigenvalue weighted by Crippen LogP contribution is -2.00. The summed E-state index contributed by atoms with van der Waals surface area (Å²) < 4.78 is 14.2. The van der Waals surface area contributed by atoms with Gasteiger partial charge in [0.2, 0.25) is 0 Å². The minimum Gasteiger partial charge on any atom is -0.465 e. The van der Waals surface area contributed by atoms with Crippen molar-refractivity contribution < 1.29 is 14.1 Å². The van der Waals surface area contributed by atoms with E-state index in [4.69, 9.17) is 17.3 Å². The molecule has 0 saturated carbocycles. The molecule has 0 aliphatic carbocycles. The number of hydrogen-bond donors (Lipinski definition) is 1. The van der Waals surface area contributed by atoms with Crippen molar-refractivity contribution in [3.8, 4) is 10.4 Å². The number of nitrogen functional groups attached to an aromatic ring is 1. The van der Waals surface area contributed by atoms with Gasteiger partial charge in [0, 0.05) is 9.90 Å². The summed E-state index contributed by atoms with van der Waals surface area (Å²) in [4.78, 5) is 12.7. The van der Waals surface area contributed by atoms with Gasteiger partial charge in [-0.2, -0.15) is 0 Å². The second-order valence-corrected chi connectivity index (χ2v) is 11.9. The first-order chi connectivity index (χ1) is 10.1. The number of carbonyl (C=O) groups excluding carboxylic acids is 1. The molecular formula is C12H10Cl4NO3PS. The van der Waals surface area contributed by atoms with Gasteiger partial charge >= 0.3 is 11.2 Å². The lowest BCUT2D eigenvalue weighted by atomic mass is 10.2. The molecule has 0 radical (unpaired) electrons. The average Bonchev–Trinajstić information content (AvgIpc) is 2.78. The largest absolute Gasteiger partial charge is 0.465 e. The molecule has 1 aromatic heterocycles. The highest BCUT2D eigenvalue weighted by Gasteiger charge is 2.15. The van der Waals surface area contributed by atoms with E-state index in [1.165, 1.54) is 18.4 Å². The molecule has 4 nitrogen and oxygen atoms in total. The molecule has 0 spiro atoms. The van der Waals surface area contributed by atoms with Gasteiger partial charge in [0.1, 0.15) is 4.88 Å². The van der Waals surface area contributed by atoms with E-state index in [0.717, 1.165) is 10.4 Å². The molecule has 0 fully saturated rings. The van der Waals surface area contributed by atoms with E-state index >= 15 is 0 Å². The zero-order valence-electron chi connectivity index (χ0n) is 11.1. The maximum absolute atomic E-state index is 11.4. The van der Waals surface area contributed by atoms with Gasteiger partial charge in [-0.1, -0.05) is 23.7 Å². The highest BCUT2D eigenvalue weighted by atomic mass is 36.0. The van der Waals surface area contributed by atoms with Crippen molar-refractivity contribution in [3.63, 3.8) is 0 Å². The fourth-order valence-corrected chi connectivity index (χ4v) is 2.63. The Kier molecular flexibility index (Phi) is 7.53. The van der Waals surface area contributed by atoms with E-state index in [2.05, 4.69) is 38.5 Å². The molecule has 1 heterocycles. The third-order valence-electron chi connectivity index (χ3n) is 2.24. The Morgan fingerprint density at radius 3 is 2.36 bits per heavy atom. The molecule has 0 amide bonds. The molecule has 120 valence electrons. The SMILES string of the molecule is COC(=O)c1sc(-c2cccc(Cl)c2)cc1N.O=P(Cl)(Cl)Cl. The van der Waals surface area contributed by atoms with Crippen LogP contribution >= 0.6 is 61.9 Å². The Labute approximate surface area is 150 Å². The van der Waals surface area contributed by atoms with Gasteiger partial charge < -0.3 is 10.5 Å². The van der Waals surface area contributed by atoms with Crippen LogP contribution in [-0.4, -0.2) is 13.1 Å². The maximum atomic E-state index is 11.4. The Bertz CT molecular complexity index is 708. The van der Waals surface area contributed by atoms with Crippen molar-refractivity contribution in [1.82, 2.24) is 0 Å². The molecule has 0 bridgehead atoms. The van der Waals surface area contributed by atoms with Gasteiger partial charge in [-0.15, -0.1) is 11.3 Å². The Balaban J connectivity index is 0.000000422. The Morgan fingerprint density at radius 1 is 1.27 bits per heavy atom. The number of benzene rings is 1. The summed E-state index contributed by atoms with van der Waals surface area (Å²) in [5.41, 5.74) is 7.13. The number of esters is 1. The van der Waals surface area contributed by atoms with Crippen molar-refractivity contribution in [1.29, 1.82) is 0 Å². The van der Waals surface area contributed by atoms with E-state index in [-0.39, 0.29) is 0 Å². The van der Waals surface area contributed by atoms with Crippen LogP contribution in [0.4, 0.5) is 5.69 Å². The molecule has 0 aliphatic rings. The number of halogens is 4. The minimum absolute atomic E-state index is 0.416. The van der Waals surface area contributed by atoms with Gasteiger partial charge in [-0.25, -0.2) is 4.79 Å². The highest BCUT2D eigenvalue weighted by molar-refractivity contribution is 8.24. The number of anilines is 1. The van der Waals surface area contributed by atoms with E-state index in [9.17, 15) is 9.36 Å². The summed E-state index contributed by atoms with van der Waals surface area (Å²) in [6, 6.07) is 9.14. The smallest absolute Gasteiger partial charge is 0.350 e.